The van der Waals surface area contributed by atoms with Crippen LogP contribution in [0.1, 0.15) is 25.7 Å². The van der Waals surface area contributed by atoms with Crippen LogP contribution < -0.4 is 0 Å². The first kappa shape index (κ1) is 14.5. The number of aromatic nitrogens is 3. The zero-order valence-corrected chi connectivity index (χ0v) is 14.4. The molecule has 3 heterocycles. The van der Waals surface area contributed by atoms with E-state index >= 15 is 0 Å². The molecular formula is C16H20N4S2. The number of likely N-dealkylation sites (tertiary alicyclic amines) is 1. The van der Waals surface area contributed by atoms with E-state index in [1.165, 1.54) is 42.4 Å². The lowest BCUT2D eigenvalue weighted by molar-refractivity contribution is 0.182. The molecule has 2 aromatic heterocycles. The number of rotatable bonds is 4. The highest BCUT2D eigenvalue weighted by Crippen LogP contribution is 2.30. The second-order valence-corrected chi connectivity index (χ2v) is 8.01. The third kappa shape index (κ3) is 2.64. The Morgan fingerprint density at radius 2 is 2.18 bits per heavy atom. The normalized spacial score (nSPS) is 20.1. The third-order valence-electron chi connectivity index (χ3n) is 4.51. The van der Waals surface area contributed by atoms with Crippen LogP contribution in [0.5, 0.6) is 0 Å². The minimum absolute atomic E-state index is 0.740. The number of nitrogens with zero attached hydrogens (tertiary/aromatic N) is 4. The maximum absolute atomic E-state index is 4.38. The van der Waals surface area contributed by atoms with Crippen molar-refractivity contribution in [2.24, 2.45) is 0 Å². The van der Waals surface area contributed by atoms with Gasteiger partial charge in [-0.3, -0.25) is 4.40 Å². The fraction of sp³-hybridized carbons (Fsp3) is 0.500. The molecule has 22 heavy (non-hydrogen) atoms. The first-order chi connectivity index (χ1) is 10.8. The number of benzene rings is 1. The fourth-order valence-electron chi connectivity index (χ4n) is 3.24. The van der Waals surface area contributed by atoms with Gasteiger partial charge in [-0.05, 0) is 45.0 Å². The molecule has 4 rings (SSSR count). The zero-order chi connectivity index (χ0) is 14.9. The summed E-state index contributed by atoms with van der Waals surface area (Å²) in [6, 6.07) is 9.21. The van der Waals surface area contributed by atoms with E-state index < -0.39 is 0 Å². The molecule has 1 aliphatic rings. The quantitative estimate of drug-likeness (QED) is 0.678. The highest BCUT2D eigenvalue weighted by molar-refractivity contribution is 7.99. The summed E-state index contributed by atoms with van der Waals surface area (Å²) < 4.78 is 3.48. The van der Waals surface area contributed by atoms with Gasteiger partial charge in [0.25, 0.3) is 0 Å². The Labute approximate surface area is 138 Å². The SMILES string of the molecule is CN1CCCCC1CCSc1nnc2sc3ccccc3n12. The first-order valence-corrected chi connectivity index (χ1v) is 9.69. The fourth-order valence-corrected chi connectivity index (χ4v) is 5.25. The predicted molar refractivity (Wildman–Crippen MR) is 94.0 cm³/mol. The lowest BCUT2D eigenvalue weighted by Gasteiger charge is -2.32. The van der Waals surface area contributed by atoms with E-state index in [1.54, 1.807) is 11.3 Å². The largest absolute Gasteiger partial charge is 0.303 e. The molecule has 116 valence electrons. The summed E-state index contributed by atoms with van der Waals surface area (Å²) in [6.45, 7) is 1.25. The van der Waals surface area contributed by atoms with E-state index in [0.29, 0.717) is 0 Å². The lowest BCUT2D eigenvalue weighted by atomic mass is 10.0. The molecule has 0 N–H and O–H groups in total. The zero-order valence-electron chi connectivity index (χ0n) is 12.7. The van der Waals surface area contributed by atoms with Crippen LogP contribution >= 0.6 is 23.1 Å². The number of piperidine rings is 1. The van der Waals surface area contributed by atoms with Crippen LogP contribution in [0.4, 0.5) is 0 Å². The van der Waals surface area contributed by atoms with Gasteiger partial charge in [0.2, 0.25) is 4.96 Å². The second-order valence-electron chi connectivity index (χ2n) is 5.94. The van der Waals surface area contributed by atoms with Crippen molar-refractivity contribution in [3.63, 3.8) is 0 Å². The van der Waals surface area contributed by atoms with Gasteiger partial charge in [-0.1, -0.05) is 41.7 Å². The van der Waals surface area contributed by atoms with Gasteiger partial charge in [0.05, 0.1) is 10.2 Å². The number of thioether (sulfide) groups is 1. The van der Waals surface area contributed by atoms with Gasteiger partial charge in [0, 0.05) is 11.8 Å². The van der Waals surface area contributed by atoms with Gasteiger partial charge in [0.1, 0.15) is 0 Å². The topological polar surface area (TPSA) is 33.4 Å². The number of hydrogen-bond acceptors (Lipinski definition) is 5. The molecule has 4 nitrogen and oxygen atoms in total. The Kier molecular flexibility index (Phi) is 4.07. The molecular weight excluding hydrogens is 312 g/mol. The Morgan fingerprint density at radius 3 is 3.09 bits per heavy atom. The first-order valence-electron chi connectivity index (χ1n) is 7.88. The van der Waals surface area contributed by atoms with Crippen LogP contribution in [0.2, 0.25) is 0 Å². The Hall–Kier alpha value is -1.11. The summed E-state index contributed by atoms with van der Waals surface area (Å²) in [7, 11) is 2.26. The molecule has 0 saturated carbocycles. The van der Waals surface area contributed by atoms with E-state index in [4.69, 9.17) is 0 Å². The number of para-hydroxylation sites is 1. The van der Waals surface area contributed by atoms with Gasteiger partial charge in [-0.25, -0.2) is 0 Å². The van der Waals surface area contributed by atoms with Gasteiger partial charge in [-0.2, -0.15) is 0 Å². The van der Waals surface area contributed by atoms with Crippen molar-refractivity contribution >= 4 is 38.3 Å². The maximum Gasteiger partial charge on any atom is 0.217 e. The van der Waals surface area contributed by atoms with E-state index in [9.17, 15) is 0 Å². The average molecular weight is 332 g/mol. The van der Waals surface area contributed by atoms with Crippen LogP contribution in [-0.2, 0) is 0 Å². The standard InChI is InChI=1S/C16H20N4S2/c1-19-10-5-4-6-12(19)9-11-21-15-17-18-16-20(15)13-7-2-3-8-14(13)22-16/h2-3,7-8,12H,4-6,9-11H2,1H3. The smallest absolute Gasteiger partial charge is 0.217 e. The van der Waals surface area contributed by atoms with Crippen molar-refractivity contribution in [2.45, 2.75) is 36.9 Å². The van der Waals surface area contributed by atoms with Crippen molar-refractivity contribution in [1.29, 1.82) is 0 Å². The van der Waals surface area contributed by atoms with Crippen molar-refractivity contribution in [3.05, 3.63) is 24.3 Å². The van der Waals surface area contributed by atoms with Gasteiger partial charge in [-0.15, -0.1) is 10.2 Å². The summed E-state index contributed by atoms with van der Waals surface area (Å²) in [5.74, 6) is 1.11. The van der Waals surface area contributed by atoms with E-state index in [0.717, 1.165) is 21.9 Å². The molecule has 0 aliphatic carbocycles. The number of fused-ring (bicyclic) bond motifs is 3. The Morgan fingerprint density at radius 1 is 1.27 bits per heavy atom. The van der Waals surface area contributed by atoms with E-state index in [2.05, 4.69) is 50.8 Å². The third-order valence-corrected chi connectivity index (χ3v) is 6.49. The molecule has 1 fully saturated rings. The highest BCUT2D eigenvalue weighted by atomic mass is 32.2. The van der Waals surface area contributed by atoms with E-state index in [-0.39, 0.29) is 0 Å². The van der Waals surface area contributed by atoms with Crippen molar-refractivity contribution in [1.82, 2.24) is 19.5 Å². The van der Waals surface area contributed by atoms with Crippen LogP contribution in [0.25, 0.3) is 15.2 Å². The molecule has 0 amide bonds. The number of thiazole rings is 1. The molecule has 0 radical (unpaired) electrons. The van der Waals surface area contributed by atoms with Crippen LogP contribution in [-0.4, -0.2) is 44.9 Å². The van der Waals surface area contributed by atoms with Crippen molar-refractivity contribution < 1.29 is 0 Å². The van der Waals surface area contributed by atoms with Crippen LogP contribution in [0, 0.1) is 0 Å². The lowest BCUT2D eigenvalue weighted by Crippen LogP contribution is -2.36. The van der Waals surface area contributed by atoms with Gasteiger partial charge in [0.15, 0.2) is 5.16 Å². The molecule has 0 spiro atoms. The molecule has 1 aliphatic heterocycles. The molecule has 1 unspecified atom stereocenters. The average Bonchev–Trinajstić information content (AvgIpc) is 3.09. The van der Waals surface area contributed by atoms with Crippen molar-refractivity contribution in [3.8, 4) is 0 Å². The second kappa shape index (κ2) is 6.18. The van der Waals surface area contributed by atoms with Gasteiger partial charge < -0.3 is 4.90 Å². The minimum Gasteiger partial charge on any atom is -0.303 e. The van der Waals surface area contributed by atoms with E-state index in [1.807, 2.05) is 11.8 Å². The molecule has 0 bridgehead atoms. The molecule has 1 saturated heterocycles. The Balaban J connectivity index is 1.50. The molecule has 6 heteroatoms. The monoisotopic (exact) mass is 332 g/mol. The Bertz CT molecular complexity index is 779. The predicted octanol–water partition coefficient (Wildman–Crippen LogP) is 3.91. The summed E-state index contributed by atoms with van der Waals surface area (Å²) in [4.78, 5) is 3.52. The van der Waals surface area contributed by atoms with Crippen molar-refractivity contribution in [2.75, 3.05) is 19.3 Å². The number of hydrogen-bond donors (Lipinski definition) is 0. The molecule has 1 aromatic carbocycles. The van der Waals surface area contributed by atoms with Crippen LogP contribution in [0.15, 0.2) is 29.4 Å². The van der Waals surface area contributed by atoms with Crippen LogP contribution in [0.3, 0.4) is 0 Å². The summed E-state index contributed by atoms with van der Waals surface area (Å²) in [5, 5.41) is 9.75. The molecule has 1 atom stereocenters. The summed E-state index contributed by atoms with van der Waals surface area (Å²) >= 11 is 3.55. The maximum atomic E-state index is 4.38. The highest BCUT2D eigenvalue weighted by Gasteiger charge is 2.19. The minimum atomic E-state index is 0.740. The summed E-state index contributed by atoms with van der Waals surface area (Å²) in [5.41, 5.74) is 1.23. The van der Waals surface area contributed by atoms with Gasteiger partial charge >= 0.3 is 0 Å². The molecule has 3 aromatic rings. The summed E-state index contributed by atoms with van der Waals surface area (Å²) in [6.07, 6.45) is 5.31.